The van der Waals surface area contributed by atoms with Crippen molar-refractivity contribution in [2.45, 2.75) is 12.5 Å². The van der Waals surface area contributed by atoms with Crippen LogP contribution in [0.5, 0.6) is 0 Å². The van der Waals surface area contributed by atoms with Gasteiger partial charge in [0.25, 0.3) is 0 Å². The molecule has 0 aliphatic carbocycles. The molecule has 2 nitrogen and oxygen atoms in total. The van der Waals surface area contributed by atoms with Crippen LogP contribution in [0.3, 0.4) is 0 Å². The van der Waals surface area contributed by atoms with E-state index in [2.05, 4.69) is 0 Å². The normalized spacial score (nSPS) is 26.2. The van der Waals surface area contributed by atoms with Crippen LogP contribution in [0.2, 0.25) is 0 Å². The van der Waals surface area contributed by atoms with E-state index in [0.717, 1.165) is 13.0 Å². The Balaban J connectivity index is 2.31. The SMILES string of the molecule is CN1CC(CN)CC1c1c(F)cccc1F. The molecule has 88 valence electrons. The van der Waals surface area contributed by atoms with Crippen molar-refractivity contribution in [2.24, 2.45) is 11.7 Å². The van der Waals surface area contributed by atoms with Gasteiger partial charge in [0.15, 0.2) is 0 Å². The van der Waals surface area contributed by atoms with E-state index in [0.29, 0.717) is 12.5 Å². The number of hydrogen-bond acceptors (Lipinski definition) is 2. The van der Waals surface area contributed by atoms with Crippen molar-refractivity contribution >= 4 is 0 Å². The van der Waals surface area contributed by atoms with Crippen molar-refractivity contribution in [1.82, 2.24) is 4.90 Å². The summed E-state index contributed by atoms with van der Waals surface area (Å²) in [6.07, 6.45) is 0.727. The minimum atomic E-state index is -0.463. The smallest absolute Gasteiger partial charge is 0.130 e. The van der Waals surface area contributed by atoms with Gasteiger partial charge in [-0.15, -0.1) is 0 Å². The topological polar surface area (TPSA) is 29.3 Å². The predicted octanol–water partition coefficient (Wildman–Crippen LogP) is 1.92. The molecule has 2 unspecified atom stereocenters. The van der Waals surface area contributed by atoms with Crippen LogP contribution in [0.15, 0.2) is 18.2 Å². The maximum atomic E-state index is 13.6. The van der Waals surface area contributed by atoms with Crippen molar-refractivity contribution < 1.29 is 8.78 Å². The minimum Gasteiger partial charge on any atom is -0.330 e. The fourth-order valence-electron chi connectivity index (χ4n) is 2.44. The molecule has 1 heterocycles. The quantitative estimate of drug-likeness (QED) is 0.834. The average molecular weight is 226 g/mol. The zero-order valence-electron chi connectivity index (χ0n) is 9.29. The Kier molecular flexibility index (Phi) is 3.21. The van der Waals surface area contributed by atoms with Crippen molar-refractivity contribution in [3.8, 4) is 0 Å². The van der Waals surface area contributed by atoms with E-state index in [1.807, 2.05) is 11.9 Å². The number of benzene rings is 1. The van der Waals surface area contributed by atoms with E-state index in [-0.39, 0.29) is 11.6 Å². The lowest BCUT2D eigenvalue weighted by molar-refractivity contribution is 0.299. The third-order valence-electron chi connectivity index (χ3n) is 3.30. The second kappa shape index (κ2) is 4.47. The van der Waals surface area contributed by atoms with Crippen LogP contribution in [0.1, 0.15) is 18.0 Å². The molecule has 1 aromatic rings. The number of hydrogen-bond donors (Lipinski definition) is 1. The fourth-order valence-corrected chi connectivity index (χ4v) is 2.44. The van der Waals surface area contributed by atoms with Crippen LogP contribution < -0.4 is 5.73 Å². The Hall–Kier alpha value is -1.00. The molecule has 16 heavy (non-hydrogen) atoms. The molecule has 0 radical (unpaired) electrons. The molecule has 0 saturated carbocycles. The van der Waals surface area contributed by atoms with Gasteiger partial charge >= 0.3 is 0 Å². The highest BCUT2D eigenvalue weighted by molar-refractivity contribution is 5.24. The highest BCUT2D eigenvalue weighted by Gasteiger charge is 2.33. The van der Waals surface area contributed by atoms with E-state index < -0.39 is 11.6 Å². The van der Waals surface area contributed by atoms with Gasteiger partial charge < -0.3 is 5.73 Å². The summed E-state index contributed by atoms with van der Waals surface area (Å²) < 4.78 is 27.2. The monoisotopic (exact) mass is 226 g/mol. The summed E-state index contributed by atoms with van der Waals surface area (Å²) in [6, 6.07) is 3.82. The van der Waals surface area contributed by atoms with Gasteiger partial charge in [0.1, 0.15) is 11.6 Å². The van der Waals surface area contributed by atoms with Crippen molar-refractivity contribution in [3.05, 3.63) is 35.4 Å². The number of nitrogens with zero attached hydrogens (tertiary/aromatic N) is 1. The van der Waals surface area contributed by atoms with Gasteiger partial charge in [-0.05, 0) is 38.1 Å². The molecule has 2 atom stereocenters. The second-order valence-electron chi connectivity index (χ2n) is 4.43. The molecule has 1 saturated heterocycles. The first-order chi connectivity index (χ1) is 7.63. The van der Waals surface area contributed by atoms with Crippen LogP contribution in [-0.4, -0.2) is 25.0 Å². The lowest BCUT2D eigenvalue weighted by Gasteiger charge is -2.20. The minimum absolute atomic E-state index is 0.181. The summed E-state index contributed by atoms with van der Waals surface area (Å²) in [4.78, 5) is 1.97. The van der Waals surface area contributed by atoms with Crippen molar-refractivity contribution in [2.75, 3.05) is 20.1 Å². The Bertz CT molecular complexity index is 361. The maximum absolute atomic E-state index is 13.6. The molecule has 4 heteroatoms. The largest absolute Gasteiger partial charge is 0.330 e. The first-order valence-corrected chi connectivity index (χ1v) is 5.47. The Morgan fingerprint density at radius 3 is 2.50 bits per heavy atom. The predicted molar refractivity (Wildman–Crippen MR) is 58.9 cm³/mol. The van der Waals surface area contributed by atoms with E-state index in [9.17, 15) is 8.78 Å². The highest BCUT2D eigenvalue weighted by Crippen LogP contribution is 2.36. The summed E-state index contributed by atoms with van der Waals surface area (Å²) in [5, 5.41) is 0. The van der Waals surface area contributed by atoms with E-state index in [1.165, 1.54) is 18.2 Å². The molecular formula is C12H16F2N2. The first kappa shape index (κ1) is 11.5. The van der Waals surface area contributed by atoms with Crippen molar-refractivity contribution in [1.29, 1.82) is 0 Å². The molecule has 2 rings (SSSR count). The summed E-state index contributed by atoms with van der Waals surface area (Å²) in [6.45, 7) is 1.37. The van der Waals surface area contributed by atoms with Gasteiger partial charge in [0.05, 0.1) is 0 Å². The molecule has 0 amide bonds. The van der Waals surface area contributed by atoms with E-state index >= 15 is 0 Å². The zero-order chi connectivity index (χ0) is 11.7. The number of rotatable bonds is 2. The van der Waals surface area contributed by atoms with Gasteiger partial charge in [-0.25, -0.2) is 8.78 Å². The van der Waals surface area contributed by atoms with Crippen LogP contribution in [0.25, 0.3) is 0 Å². The van der Waals surface area contributed by atoms with E-state index in [4.69, 9.17) is 5.73 Å². The Morgan fingerprint density at radius 2 is 2.00 bits per heavy atom. The summed E-state index contributed by atoms with van der Waals surface area (Å²) in [5.41, 5.74) is 5.78. The lowest BCUT2D eigenvalue weighted by atomic mass is 9.99. The molecule has 0 aromatic heterocycles. The maximum Gasteiger partial charge on any atom is 0.130 e. The molecule has 1 aliphatic heterocycles. The molecule has 1 aliphatic rings. The molecule has 1 fully saturated rings. The standard InChI is InChI=1S/C12H16F2N2/c1-16-7-8(6-15)5-11(16)12-9(13)3-2-4-10(12)14/h2-4,8,11H,5-7,15H2,1H3. The zero-order valence-corrected chi connectivity index (χ0v) is 9.29. The van der Waals surface area contributed by atoms with Gasteiger partial charge in [-0.1, -0.05) is 6.07 Å². The molecule has 1 aromatic carbocycles. The number of halogens is 2. The van der Waals surface area contributed by atoms with Gasteiger partial charge in [0, 0.05) is 18.2 Å². The van der Waals surface area contributed by atoms with Crippen molar-refractivity contribution in [3.63, 3.8) is 0 Å². The highest BCUT2D eigenvalue weighted by atomic mass is 19.1. The molecule has 0 spiro atoms. The lowest BCUT2D eigenvalue weighted by Crippen LogP contribution is -2.21. The second-order valence-corrected chi connectivity index (χ2v) is 4.43. The Labute approximate surface area is 94.0 Å². The van der Waals surface area contributed by atoms with Crippen LogP contribution in [0, 0.1) is 17.6 Å². The van der Waals surface area contributed by atoms with Crippen LogP contribution in [-0.2, 0) is 0 Å². The Morgan fingerprint density at radius 1 is 1.38 bits per heavy atom. The third kappa shape index (κ3) is 1.95. The average Bonchev–Trinajstić information content (AvgIpc) is 2.60. The number of nitrogens with two attached hydrogens (primary N) is 1. The molecular weight excluding hydrogens is 210 g/mol. The summed E-state index contributed by atoms with van der Waals surface area (Å²) >= 11 is 0. The van der Waals surface area contributed by atoms with Gasteiger partial charge in [-0.2, -0.15) is 0 Å². The van der Waals surface area contributed by atoms with Crippen LogP contribution >= 0.6 is 0 Å². The van der Waals surface area contributed by atoms with Crippen LogP contribution in [0.4, 0.5) is 8.78 Å². The third-order valence-corrected chi connectivity index (χ3v) is 3.30. The fraction of sp³-hybridized carbons (Fsp3) is 0.500. The van der Waals surface area contributed by atoms with E-state index in [1.54, 1.807) is 0 Å². The van der Waals surface area contributed by atoms with Gasteiger partial charge in [0.2, 0.25) is 0 Å². The summed E-state index contributed by atoms with van der Waals surface area (Å²) in [5.74, 6) is -0.599. The summed E-state index contributed by atoms with van der Waals surface area (Å²) in [7, 11) is 1.88. The van der Waals surface area contributed by atoms with Gasteiger partial charge in [-0.3, -0.25) is 4.90 Å². The number of likely N-dealkylation sites (tertiary alicyclic amines) is 1. The first-order valence-electron chi connectivity index (χ1n) is 5.47. The molecule has 0 bridgehead atoms. The molecule has 2 N–H and O–H groups in total.